The monoisotopic (exact) mass is 288 g/mol. The van der Waals surface area contributed by atoms with E-state index in [4.69, 9.17) is 10.5 Å². The lowest BCUT2D eigenvalue weighted by Crippen LogP contribution is -2.40. The molecule has 0 atom stereocenters. The number of anilines is 1. The predicted molar refractivity (Wildman–Crippen MR) is 67.5 cm³/mol. The molecule has 1 aromatic carbocycles. The molecule has 4 nitrogen and oxygen atoms in total. The first-order chi connectivity index (χ1) is 9.31. The van der Waals surface area contributed by atoms with Gasteiger partial charge in [0, 0.05) is 11.6 Å². The van der Waals surface area contributed by atoms with Gasteiger partial charge in [-0.05, 0) is 31.0 Å². The predicted octanol–water partition coefficient (Wildman–Crippen LogP) is 2.44. The normalized spacial score (nSPS) is 15.0. The molecular formula is C13H15F3N2O2. The van der Waals surface area contributed by atoms with E-state index < -0.39 is 18.6 Å². The van der Waals surface area contributed by atoms with Crippen molar-refractivity contribution in [3.05, 3.63) is 23.8 Å². The minimum atomic E-state index is -4.41. The molecule has 7 heteroatoms. The topological polar surface area (TPSA) is 55.6 Å². The molecule has 0 spiro atoms. The largest absolute Gasteiger partial charge is 0.495 e. The maximum atomic E-state index is 12.5. The van der Waals surface area contributed by atoms with E-state index in [9.17, 15) is 18.0 Å². The molecule has 0 aliphatic heterocycles. The van der Waals surface area contributed by atoms with Gasteiger partial charge in [-0.15, -0.1) is 0 Å². The van der Waals surface area contributed by atoms with Crippen molar-refractivity contribution >= 4 is 11.6 Å². The fraction of sp³-hybridized carbons (Fsp3) is 0.462. The van der Waals surface area contributed by atoms with Crippen LogP contribution >= 0.6 is 0 Å². The van der Waals surface area contributed by atoms with Crippen LogP contribution in [0.15, 0.2) is 18.2 Å². The van der Waals surface area contributed by atoms with E-state index in [1.165, 1.54) is 25.3 Å². The summed E-state index contributed by atoms with van der Waals surface area (Å²) >= 11 is 0. The van der Waals surface area contributed by atoms with Crippen LogP contribution in [-0.4, -0.2) is 36.7 Å². The number of benzene rings is 1. The second-order valence-corrected chi connectivity index (χ2v) is 4.74. The van der Waals surface area contributed by atoms with Crippen molar-refractivity contribution < 1.29 is 22.7 Å². The highest BCUT2D eigenvalue weighted by atomic mass is 19.4. The van der Waals surface area contributed by atoms with Crippen molar-refractivity contribution in [3.8, 4) is 5.75 Å². The summed E-state index contributed by atoms with van der Waals surface area (Å²) in [5, 5.41) is 0. The number of nitrogens with zero attached hydrogens (tertiary/aromatic N) is 1. The van der Waals surface area contributed by atoms with Gasteiger partial charge in [-0.3, -0.25) is 4.79 Å². The Kier molecular flexibility index (Phi) is 3.78. The van der Waals surface area contributed by atoms with Crippen LogP contribution in [0.25, 0.3) is 0 Å². The van der Waals surface area contributed by atoms with Gasteiger partial charge in [0.2, 0.25) is 0 Å². The minimum Gasteiger partial charge on any atom is -0.495 e. The highest BCUT2D eigenvalue weighted by molar-refractivity contribution is 5.96. The van der Waals surface area contributed by atoms with E-state index in [-0.39, 0.29) is 17.3 Å². The molecular weight excluding hydrogens is 273 g/mol. The van der Waals surface area contributed by atoms with E-state index in [0.717, 1.165) is 4.90 Å². The van der Waals surface area contributed by atoms with E-state index in [1.807, 2.05) is 0 Å². The number of amides is 1. The van der Waals surface area contributed by atoms with E-state index in [2.05, 4.69) is 0 Å². The van der Waals surface area contributed by atoms with Crippen LogP contribution in [0.4, 0.5) is 18.9 Å². The number of nitrogens with two attached hydrogens (primary N) is 1. The zero-order valence-electron chi connectivity index (χ0n) is 10.9. The molecule has 1 aromatic rings. The fourth-order valence-corrected chi connectivity index (χ4v) is 1.98. The number of alkyl halides is 3. The molecule has 0 bridgehead atoms. The minimum absolute atomic E-state index is 0.138. The van der Waals surface area contributed by atoms with Gasteiger partial charge in [0.15, 0.2) is 0 Å². The molecule has 1 fully saturated rings. The summed E-state index contributed by atoms with van der Waals surface area (Å²) in [6.07, 6.45) is -3.20. The van der Waals surface area contributed by atoms with E-state index in [1.54, 1.807) is 0 Å². The number of halogens is 3. The molecule has 0 aromatic heterocycles. The molecule has 20 heavy (non-hydrogen) atoms. The third-order valence-electron chi connectivity index (χ3n) is 3.07. The number of rotatable bonds is 4. The van der Waals surface area contributed by atoms with Gasteiger partial charge in [0.25, 0.3) is 5.91 Å². The summed E-state index contributed by atoms with van der Waals surface area (Å²) in [5.41, 5.74) is 6.03. The van der Waals surface area contributed by atoms with Crippen LogP contribution in [-0.2, 0) is 0 Å². The first kappa shape index (κ1) is 14.5. The molecule has 1 aliphatic carbocycles. The number of hydrogen-bond donors (Lipinski definition) is 1. The standard InChI is InChI=1S/C13H15F3N2O2/c1-20-11-5-2-8(6-10(11)17)12(19)18(9-3-4-9)7-13(14,15)16/h2,5-6,9H,3-4,7,17H2,1H3. The van der Waals surface area contributed by atoms with Crippen molar-refractivity contribution in [1.29, 1.82) is 0 Å². The van der Waals surface area contributed by atoms with Crippen molar-refractivity contribution in [2.45, 2.75) is 25.1 Å². The zero-order chi connectivity index (χ0) is 14.9. The lowest BCUT2D eigenvalue weighted by atomic mass is 10.1. The Morgan fingerprint density at radius 2 is 2.10 bits per heavy atom. The Balaban J connectivity index is 2.21. The van der Waals surface area contributed by atoms with E-state index in [0.29, 0.717) is 18.6 Å². The second kappa shape index (κ2) is 5.22. The van der Waals surface area contributed by atoms with Gasteiger partial charge in [0.1, 0.15) is 12.3 Å². The van der Waals surface area contributed by atoms with E-state index >= 15 is 0 Å². The maximum absolute atomic E-state index is 12.5. The number of ether oxygens (including phenoxy) is 1. The molecule has 0 unspecified atom stereocenters. The average Bonchev–Trinajstić information content (AvgIpc) is 3.18. The summed E-state index contributed by atoms with van der Waals surface area (Å²) in [6.45, 7) is -1.23. The van der Waals surface area contributed by atoms with Crippen LogP contribution in [0.5, 0.6) is 5.75 Å². The van der Waals surface area contributed by atoms with Gasteiger partial charge >= 0.3 is 6.18 Å². The Labute approximate surface area is 114 Å². The molecule has 0 heterocycles. The smallest absolute Gasteiger partial charge is 0.406 e. The highest BCUT2D eigenvalue weighted by Crippen LogP contribution is 2.32. The van der Waals surface area contributed by atoms with Crippen LogP contribution in [0, 0.1) is 0 Å². The van der Waals surface area contributed by atoms with Gasteiger partial charge in [0.05, 0.1) is 12.8 Å². The quantitative estimate of drug-likeness (QED) is 0.866. The number of methoxy groups -OCH3 is 1. The third-order valence-corrected chi connectivity index (χ3v) is 3.07. The molecule has 2 N–H and O–H groups in total. The lowest BCUT2D eigenvalue weighted by molar-refractivity contribution is -0.141. The van der Waals surface area contributed by atoms with Crippen molar-refractivity contribution in [1.82, 2.24) is 4.90 Å². The van der Waals surface area contributed by atoms with Crippen LogP contribution < -0.4 is 10.5 Å². The van der Waals surface area contributed by atoms with Gasteiger partial charge < -0.3 is 15.4 Å². The van der Waals surface area contributed by atoms with Gasteiger partial charge in [-0.2, -0.15) is 13.2 Å². The number of carbonyl (C=O) groups is 1. The number of hydrogen-bond acceptors (Lipinski definition) is 3. The average molecular weight is 288 g/mol. The first-order valence-electron chi connectivity index (χ1n) is 6.13. The Morgan fingerprint density at radius 1 is 1.45 bits per heavy atom. The zero-order valence-corrected chi connectivity index (χ0v) is 10.9. The van der Waals surface area contributed by atoms with Gasteiger partial charge in [-0.25, -0.2) is 0 Å². The highest BCUT2D eigenvalue weighted by Gasteiger charge is 2.40. The summed E-state index contributed by atoms with van der Waals surface area (Å²) in [5.74, 6) is -0.269. The van der Waals surface area contributed by atoms with Crippen LogP contribution in [0.1, 0.15) is 23.2 Å². The molecule has 1 amide bonds. The summed E-state index contributed by atoms with van der Waals surface area (Å²) in [6, 6.07) is 3.91. The van der Waals surface area contributed by atoms with Gasteiger partial charge in [-0.1, -0.05) is 0 Å². The molecule has 0 radical (unpaired) electrons. The fourth-order valence-electron chi connectivity index (χ4n) is 1.98. The summed E-state index contributed by atoms with van der Waals surface area (Å²) < 4.78 is 42.5. The molecule has 1 saturated carbocycles. The summed E-state index contributed by atoms with van der Waals surface area (Å²) in [7, 11) is 1.42. The third kappa shape index (κ3) is 3.34. The van der Waals surface area contributed by atoms with Crippen molar-refractivity contribution in [2.24, 2.45) is 0 Å². The first-order valence-corrected chi connectivity index (χ1v) is 6.13. The Hall–Kier alpha value is -1.92. The van der Waals surface area contributed by atoms with Crippen molar-refractivity contribution in [3.63, 3.8) is 0 Å². The van der Waals surface area contributed by atoms with Crippen LogP contribution in [0.3, 0.4) is 0 Å². The maximum Gasteiger partial charge on any atom is 0.406 e. The second-order valence-electron chi connectivity index (χ2n) is 4.74. The molecule has 1 aliphatic rings. The Bertz CT molecular complexity index is 513. The van der Waals surface area contributed by atoms with Crippen molar-refractivity contribution in [2.75, 3.05) is 19.4 Å². The molecule has 0 saturated heterocycles. The lowest BCUT2D eigenvalue weighted by Gasteiger charge is -2.24. The molecule has 2 rings (SSSR count). The molecule has 110 valence electrons. The SMILES string of the molecule is COc1ccc(C(=O)N(CC(F)(F)F)C2CC2)cc1N. The summed E-state index contributed by atoms with van der Waals surface area (Å²) in [4.78, 5) is 13.0. The Morgan fingerprint density at radius 3 is 2.55 bits per heavy atom. The van der Waals surface area contributed by atoms with Crippen LogP contribution in [0.2, 0.25) is 0 Å². The number of carbonyl (C=O) groups excluding carboxylic acids is 1. The number of nitrogen functional groups attached to an aromatic ring is 1.